The van der Waals surface area contributed by atoms with Crippen LogP contribution in [0.3, 0.4) is 0 Å². The molecule has 2 amide bonds. The van der Waals surface area contributed by atoms with Gasteiger partial charge in [-0.1, -0.05) is 60.7 Å². The van der Waals surface area contributed by atoms with Crippen LogP contribution in [0.2, 0.25) is 0 Å². The van der Waals surface area contributed by atoms with E-state index in [-0.39, 0.29) is 65.6 Å². The maximum Gasteiger partial charge on any atom is 0.411 e. The van der Waals surface area contributed by atoms with Crippen LogP contribution in [-0.2, 0) is 60.8 Å². The first-order valence-corrected chi connectivity index (χ1v) is 14.7. The van der Waals surface area contributed by atoms with Crippen molar-refractivity contribution >= 4 is 36.1 Å². The molecule has 16 heteroatoms. The molecule has 2 aliphatic rings. The number of amides is 2. The van der Waals surface area contributed by atoms with E-state index < -0.39 is 47.1 Å². The van der Waals surface area contributed by atoms with Gasteiger partial charge in [-0.05, 0) is 11.1 Å². The lowest BCUT2D eigenvalue weighted by atomic mass is 9.95. The summed E-state index contributed by atoms with van der Waals surface area (Å²) in [5.41, 5.74) is -1.30. The molecule has 0 radical (unpaired) electrons. The number of aliphatic carboxylic acids is 2. The Bertz CT molecular complexity index is 1410. The van der Waals surface area contributed by atoms with Crippen molar-refractivity contribution in [3.63, 3.8) is 0 Å². The van der Waals surface area contributed by atoms with Crippen LogP contribution in [0.5, 0.6) is 0 Å². The van der Waals surface area contributed by atoms with Gasteiger partial charge in [-0.2, -0.15) is 0 Å². The van der Waals surface area contributed by atoms with Crippen molar-refractivity contribution in [3.05, 3.63) is 71.8 Å². The lowest BCUT2D eigenvalue weighted by Crippen LogP contribution is -2.69. The lowest BCUT2D eigenvalue weighted by Gasteiger charge is -2.45. The average molecular weight is 675 g/mol. The largest absolute Gasteiger partial charge is 0.481 e. The number of ether oxygens (including phenoxy) is 6. The number of hydrogen-bond donors (Lipinski definition) is 2. The Morgan fingerprint density at radius 1 is 0.667 bits per heavy atom. The zero-order valence-corrected chi connectivity index (χ0v) is 26.5. The van der Waals surface area contributed by atoms with Gasteiger partial charge in [0.2, 0.25) is 0 Å². The number of methoxy groups -OCH3 is 2. The molecule has 0 atom stereocenters. The molecule has 2 aromatic carbocycles. The molecule has 16 nitrogen and oxygen atoms in total. The predicted octanol–water partition coefficient (Wildman–Crippen LogP) is 2.08. The van der Waals surface area contributed by atoms with E-state index in [0.717, 1.165) is 16.0 Å². The van der Waals surface area contributed by atoms with Crippen LogP contribution in [0.1, 0.15) is 24.0 Å². The number of carbonyl (C=O) groups excluding carboxylic acids is 4. The van der Waals surface area contributed by atoms with E-state index in [1.54, 1.807) is 24.3 Å². The monoisotopic (exact) mass is 674 g/mol. The topological polar surface area (TPSA) is 205 Å². The SMILES string of the molecule is COC(=O)CCN(C(=O)OCc1ccccc1)C1(C(=O)OC)COC1.O=C(O)CCN(C(=O)OCc1ccccc1)C1(C(=O)O)COC1. The highest BCUT2D eigenvalue weighted by Gasteiger charge is 2.55. The summed E-state index contributed by atoms with van der Waals surface area (Å²) in [6.45, 7) is -0.697. The Labute approximate surface area is 276 Å². The van der Waals surface area contributed by atoms with E-state index in [1.165, 1.54) is 19.1 Å². The molecule has 2 saturated heterocycles. The average Bonchev–Trinajstić information content (AvgIpc) is 3.05. The van der Waals surface area contributed by atoms with Gasteiger partial charge in [0.25, 0.3) is 0 Å². The van der Waals surface area contributed by atoms with E-state index in [0.29, 0.717) is 0 Å². The van der Waals surface area contributed by atoms with E-state index >= 15 is 0 Å². The quantitative estimate of drug-likeness (QED) is 0.218. The van der Waals surface area contributed by atoms with Crippen molar-refractivity contribution in [3.8, 4) is 0 Å². The summed E-state index contributed by atoms with van der Waals surface area (Å²) in [4.78, 5) is 72.8. The van der Waals surface area contributed by atoms with Gasteiger partial charge in [0.05, 0.1) is 53.5 Å². The molecule has 260 valence electrons. The number of carboxylic acid groups (broad SMARTS) is 2. The summed E-state index contributed by atoms with van der Waals surface area (Å²) in [6.07, 6.45) is -2.05. The molecule has 2 fully saturated rings. The molecule has 48 heavy (non-hydrogen) atoms. The second-order valence-electron chi connectivity index (χ2n) is 10.7. The molecule has 0 aliphatic carbocycles. The van der Waals surface area contributed by atoms with Crippen LogP contribution >= 0.6 is 0 Å². The van der Waals surface area contributed by atoms with Crippen LogP contribution in [0.4, 0.5) is 9.59 Å². The van der Waals surface area contributed by atoms with E-state index in [4.69, 9.17) is 28.8 Å². The zero-order valence-electron chi connectivity index (χ0n) is 26.5. The fraction of sp³-hybridized carbons (Fsp3) is 0.438. The minimum atomic E-state index is -1.57. The molecule has 2 aromatic rings. The van der Waals surface area contributed by atoms with Crippen molar-refractivity contribution in [1.82, 2.24) is 9.80 Å². The Hall–Kier alpha value is -5.22. The number of carbonyl (C=O) groups is 6. The lowest BCUT2D eigenvalue weighted by molar-refractivity contribution is -0.187. The third-order valence-corrected chi connectivity index (χ3v) is 7.53. The molecule has 0 spiro atoms. The summed E-state index contributed by atoms with van der Waals surface area (Å²) in [5.74, 6) is -3.49. The maximum absolute atomic E-state index is 12.6. The molecular formula is C32H38N2O14. The summed E-state index contributed by atoms with van der Waals surface area (Å²) >= 11 is 0. The minimum absolute atomic E-state index is 0.0126. The number of carboxylic acids is 2. The number of hydrogen-bond acceptors (Lipinski definition) is 12. The smallest absolute Gasteiger partial charge is 0.411 e. The molecule has 0 bridgehead atoms. The van der Waals surface area contributed by atoms with Gasteiger partial charge in [-0.25, -0.2) is 19.2 Å². The Morgan fingerprint density at radius 3 is 1.46 bits per heavy atom. The Balaban J connectivity index is 0.000000261. The fourth-order valence-electron chi connectivity index (χ4n) is 4.63. The number of benzene rings is 2. The van der Waals surface area contributed by atoms with Crippen LogP contribution in [-0.4, -0.2) is 121 Å². The van der Waals surface area contributed by atoms with Crippen LogP contribution in [0.15, 0.2) is 60.7 Å². The standard InChI is InChI=1S/C17H21NO7.C15H17NO7/c1-22-14(19)8-9-18(17(11-24-12-17)15(20)23-2)16(21)25-10-13-6-4-3-5-7-13;17-12(18)6-7-16(15(13(19)20)9-22-10-15)14(21)23-8-11-4-2-1-3-5-11/h3-7H,8-12H2,1-2H3;1-5H,6-10H2,(H,17,18)(H,19,20). The second kappa shape index (κ2) is 17.6. The molecule has 2 N–H and O–H groups in total. The van der Waals surface area contributed by atoms with Gasteiger partial charge < -0.3 is 38.6 Å². The molecule has 0 aromatic heterocycles. The first-order chi connectivity index (χ1) is 23.0. The minimum Gasteiger partial charge on any atom is -0.481 e. The molecule has 2 heterocycles. The zero-order chi connectivity index (χ0) is 35.2. The van der Waals surface area contributed by atoms with E-state index in [2.05, 4.69) is 4.74 Å². The Kier molecular flexibility index (Phi) is 13.7. The highest BCUT2D eigenvalue weighted by molar-refractivity contribution is 5.87. The highest BCUT2D eigenvalue weighted by Crippen LogP contribution is 2.29. The van der Waals surface area contributed by atoms with Crippen molar-refractivity contribution in [2.75, 3.05) is 53.7 Å². The normalized spacial score (nSPS) is 15.0. The number of rotatable bonds is 14. The number of nitrogens with zero attached hydrogens (tertiary/aromatic N) is 2. The molecule has 0 unspecified atom stereocenters. The maximum atomic E-state index is 12.6. The fourth-order valence-corrected chi connectivity index (χ4v) is 4.63. The van der Waals surface area contributed by atoms with Crippen molar-refractivity contribution in [2.24, 2.45) is 0 Å². The van der Waals surface area contributed by atoms with E-state index in [9.17, 15) is 33.9 Å². The third kappa shape index (κ3) is 9.42. The van der Waals surface area contributed by atoms with Gasteiger partial charge in [0.1, 0.15) is 13.2 Å². The summed E-state index contributed by atoms with van der Waals surface area (Å²) in [6, 6.07) is 18.0. The predicted molar refractivity (Wildman–Crippen MR) is 162 cm³/mol. The van der Waals surface area contributed by atoms with Crippen LogP contribution in [0.25, 0.3) is 0 Å². The van der Waals surface area contributed by atoms with Crippen molar-refractivity contribution in [1.29, 1.82) is 0 Å². The van der Waals surface area contributed by atoms with Crippen LogP contribution < -0.4 is 0 Å². The van der Waals surface area contributed by atoms with Gasteiger partial charge in [-0.3, -0.25) is 19.4 Å². The number of esters is 2. The van der Waals surface area contributed by atoms with Gasteiger partial charge in [0, 0.05) is 13.1 Å². The Morgan fingerprint density at radius 2 is 1.10 bits per heavy atom. The summed E-state index contributed by atoms with van der Waals surface area (Å²) in [5, 5.41) is 18.2. The summed E-state index contributed by atoms with van der Waals surface area (Å²) in [7, 11) is 2.49. The van der Waals surface area contributed by atoms with Gasteiger partial charge in [-0.15, -0.1) is 0 Å². The van der Waals surface area contributed by atoms with Gasteiger partial charge in [0.15, 0.2) is 11.1 Å². The first kappa shape index (κ1) is 37.2. The van der Waals surface area contributed by atoms with Gasteiger partial charge >= 0.3 is 36.1 Å². The molecule has 0 saturated carbocycles. The highest BCUT2D eigenvalue weighted by atomic mass is 16.6. The second-order valence-corrected chi connectivity index (χ2v) is 10.7. The molecular weight excluding hydrogens is 636 g/mol. The molecule has 2 aliphatic heterocycles. The van der Waals surface area contributed by atoms with Crippen molar-refractivity contribution in [2.45, 2.75) is 37.1 Å². The first-order valence-electron chi connectivity index (χ1n) is 14.7. The van der Waals surface area contributed by atoms with E-state index in [1.807, 2.05) is 36.4 Å². The van der Waals surface area contributed by atoms with Crippen LogP contribution in [0, 0.1) is 0 Å². The summed E-state index contributed by atoms with van der Waals surface area (Å²) < 4.78 is 29.9. The molecule has 4 rings (SSSR count). The van der Waals surface area contributed by atoms with Crippen molar-refractivity contribution < 1.29 is 67.4 Å². The third-order valence-electron chi connectivity index (χ3n) is 7.53.